The third-order valence-corrected chi connectivity index (χ3v) is 6.76. The number of hydrogen-bond donors (Lipinski definition) is 0. The molecule has 1 aliphatic rings. The molecule has 4 rings (SSSR count). The molecule has 190 valence electrons. The first-order valence-corrected chi connectivity index (χ1v) is 12.6. The molecule has 0 spiro atoms. The van der Waals surface area contributed by atoms with Crippen LogP contribution in [0.5, 0.6) is 5.75 Å². The number of aromatic nitrogens is 1. The minimum absolute atomic E-state index is 0.0102. The van der Waals surface area contributed by atoms with E-state index in [1.807, 2.05) is 47.1 Å². The molecular formula is C30H37N3O3. The van der Waals surface area contributed by atoms with E-state index in [9.17, 15) is 9.59 Å². The van der Waals surface area contributed by atoms with Crippen molar-refractivity contribution in [3.05, 3.63) is 71.4 Å². The SMILES string of the molecule is COc1ccc(-c2cc(C(=O)N3CCN(C(=O)CC(C)(C)C)CC3)c(C)n2-c2ccc(C)cc2)cc1. The smallest absolute Gasteiger partial charge is 0.255 e. The maximum Gasteiger partial charge on any atom is 0.255 e. The topological polar surface area (TPSA) is 54.8 Å². The highest BCUT2D eigenvalue weighted by atomic mass is 16.5. The summed E-state index contributed by atoms with van der Waals surface area (Å²) in [4.78, 5) is 30.1. The largest absolute Gasteiger partial charge is 0.497 e. The van der Waals surface area contributed by atoms with E-state index in [4.69, 9.17) is 4.74 Å². The van der Waals surface area contributed by atoms with Crippen LogP contribution < -0.4 is 4.74 Å². The summed E-state index contributed by atoms with van der Waals surface area (Å²) in [6.07, 6.45) is 0.519. The molecule has 3 aromatic rings. The number of carbonyl (C=O) groups excluding carboxylic acids is 2. The van der Waals surface area contributed by atoms with Gasteiger partial charge in [-0.15, -0.1) is 0 Å². The number of ether oxygens (including phenoxy) is 1. The quantitative estimate of drug-likeness (QED) is 0.478. The number of hydrogen-bond acceptors (Lipinski definition) is 3. The number of piperazine rings is 1. The zero-order valence-corrected chi connectivity index (χ0v) is 22.3. The Kier molecular flexibility index (Phi) is 7.25. The minimum Gasteiger partial charge on any atom is -0.497 e. The van der Waals surface area contributed by atoms with Crippen molar-refractivity contribution in [1.29, 1.82) is 0 Å². The molecule has 1 saturated heterocycles. The lowest BCUT2D eigenvalue weighted by Crippen LogP contribution is -2.51. The zero-order chi connectivity index (χ0) is 26.0. The Balaban J connectivity index is 1.63. The van der Waals surface area contributed by atoms with Gasteiger partial charge >= 0.3 is 0 Å². The molecular weight excluding hydrogens is 450 g/mol. The fourth-order valence-corrected chi connectivity index (χ4v) is 4.72. The van der Waals surface area contributed by atoms with Crippen LogP contribution in [0, 0.1) is 19.3 Å². The molecule has 0 bridgehead atoms. The molecule has 1 fully saturated rings. The molecule has 0 aliphatic carbocycles. The zero-order valence-electron chi connectivity index (χ0n) is 22.3. The van der Waals surface area contributed by atoms with Crippen LogP contribution in [0.15, 0.2) is 54.6 Å². The first-order valence-electron chi connectivity index (χ1n) is 12.6. The van der Waals surface area contributed by atoms with Gasteiger partial charge in [-0.3, -0.25) is 9.59 Å². The van der Waals surface area contributed by atoms with E-state index in [1.54, 1.807) is 7.11 Å². The van der Waals surface area contributed by atoms with Crippen molar-refractivity contribution >= 4 is 11.8 Å². The average Bonchev–Trinajstić information content (AvgIpc) is 3.20. The van der Waals surface area contributed by atoms with Crippen LogP contribution in [0.1, 0.15) is 48.8 Å². The highest BCUT2D eigenvalue weighted by Crippen LogP contribution is 2.32. The maximum absolute atomic E-state index is 13.7. The van der Waals surface area contributed by atoms with Crippen molar-refractivity contribution < 1.29 is 14.3 Å². The van der Waals surface area contributed by atoms with Gasteiger partial charge in [-0.25, -0.2) is 0 Å². The van der Waals surface area contributed by atoms with Crippen molar-refractivity contribution in [3.63, 3.8) is 0 Å². The van der Waals surface area contributed by atoms with E-state index in [2.05, 4.69) is 56.5 Å². The molecule has 2 aromatic carbocycles. The molecule has 1 aliphatic heterocycles. The molecule has 0 atom stereocenters. The van der Waals surface area contributed by atoms with Gasteiger partial charge in [0.15, 0.2) is 0 Å². The van der Waals surface area contributed by atoms with Crippen molar-refractivity contribution in [1.82, 2.24) is 14.4 Å². The molecule has 1 aromatic heterocycles. The second-order valence-electron chi connectivity index (χ2n) is 10.8. The van der Waals surface area contributed by atoms with Crippen LogP contribution in [0.3, 0.4) is 0 Å². The Morgan fingerprint density at radius 3 is 2.00 bits per heavy atom. The highest BCUT2D eigenvalue weighted by molar-refractivity contribution is 5.97. The number of rotatable bonds is 5. The molecule has 0 radical (unpaired) electrons. The van der Waals surface area contributed by atoms with Gasteiger partial charge in [0.25, 0.3) is 5.91 Å². The van der Waals surface area contributed by atoms with Gasteiger partial charge in [0.2, 0.25) is 5.91 Å². The summed E-state index contributed by atoms with van der Waals surface area (Å²) in [6.45, 7) is 12.5. The standard InChI is InChI=1S/C30H37N3O3/c1-21-7-11-24(12-8-21)33-22(2)26(19-27(33)23-9-13-25(36-6)14-10-23)29(35)32-17-15-31(16-18-32)28(34)20-30(3,4)5/h7-14,19H,15-18,20H2,1-6H3. The van der Waals surface area contributed by atoms with E-state index in [0.717, 1.165) is 28.4 Å². The lowest BCUT2D eigenvalue weighted by atomic mass is 9.91. The predicted octanol–water partition coefficient (Wildman–Crippen LogP) is 5.49. The predicted molar refractivity (Wildman–Crippen MR) is 144 cm³/mol. The highest BCUT2D eigenvalue weighted by Gasteiger charge is 2.29. The maximum atomic E-state index is 13.7. The Labute approximate surface area is 214 Å². The molecule has 6 nitrogen and oxygen atoms in total. The van der Waals surface area contributed by atoms with E-state index in [-0.39, 0.29) is 17.2 Å². The van der Waals surface area contributed by atoms with Crippen molar-refractivity contribution in [2.75, 3.05) is 33.3 Å². The van der Waals surface area contributed by atoms with Crippen LogP contribution in [0.2, 0.25) is 0 Å². The van der Waals surface area contributed by atoms with Gasteiger partial charge in [0.1, 0.15) is 5.75 Å². The Morgan fingerprint density at radius 1 is 0.861 bits per heavy atom. The van der Waals surface area contributed by atoms with Gasteiger partial charge in [-0.2, -0.15) is 0 Å². The molecule has 36 heavy (non-hydrogen) atoms. The van der Waals surface area contributed by atoms with E-state index in [1.165, 1.54) is 5.56 Å². The van der Waals surface area contributed by atoms with Gasteiger partial charge < -0.3 is 19.1 Å². The number of methoxy groups -OCH3 is 1. The van der Waals surface area contributed by atoms with Crippen LogP contribution in [0.25, 0.3) is 16.9 Å². The summed E-state index contributed by atoms with van der Waals surface area (Å²) in [7, 11) is 1.65. The molecule has 0 N–H and O–H groups in total. The molecule has 0 unspecified atom stereocenters. The number of carbonyl (C=O) groups is 2. The summed E-state index contributed by atoms with van der Waals surface area (Å²) in [5, 5.41) is 0. The van der Waals surface area contributed by atoms with Gasteiger partial charge in [0, 0.05) is 44.0 Å². The number of aryl methyl sites for hydroxylation is 1. The van der Waals surface area contributed by atoms with Gasteiger partial charge in [-0.05, 0) is 67.3 Å². The third-order valence-electron chi connectivity index (χ3n) is 6.76. The van der Waals surface area contributed by atoms with Crippen LogP contribution in [-0.2, 0) is 4.79 Å². The average molecular weight is 488 g/mol. The van der Waals surface area contributed by atoms with E-state index < -0.39 is 0 Å². The normalized spacial score (nSPS) is 14.2. The fourth-order valence-electron chi connectivity index (χ4n) is 4.72. The van der Waals surface area contributed by atoms with E-state index >= 15 is 0 Å². The third kappa shape index (κ3) is 5.48. The molecule has 2 heterocycles. The number of nitrogens with zero attached hydrogens (tertiary/aromatic N) is 3. The van der Waals surface area contributed by atoms with Gasteiger partial charge in [-0.1, -0.05) is 38.5 Å². The summed E-state index contributed by atoms with van der Waals surface area (Å²) in [6, 6.07) is 18.3. The molecule has 0 saturated carbocycles. The van der Waals surface area contributed by atoms with Crippen molar-refractivity contribution in [2.24, 2.45) is 5.41 Å². The van der Waals surface area contributed by atoms with Gasteiger partial charge in [0.05, 0.1) is 18.4 Å². The summed E-state index contributed by atoms with van der Waals surface area (Å²) in [5.41, 5.74) is 5.72. The fraction of sp³-hybridized carbons (Fsp3) is 0.400. The van der Waals surface area contributed by atoms with Crippen LogP contribution in [-0.4, -0.2) is 59.5 Å². The lowest BCUT2D eigenvalue weighted by Gasteiger charge is -2.36. The number of benzene rings is 2. The minimum atomic E-state index is -0.0438. The second-order valence-corrected chi connectivity index (χ2v) is 10.8. The van der Waals surface area contributed by atoms with Crippen LogP contribution in [0.4, 0.5) is 0 Å². The van der Waals surface area contributed by atoms with Crippen LogP contribution >= 0.6 is 0 Å². The summed E-state index contributed by atoms with van der Waals surface area (Å²) >= 11 is 0. The summed E-state index contributed by atoms with van der Waals surface area (Å²) in [5.74, 6) is 0.966. The Hall–Kier alpha value is -3.54. The second kappa shape index (κ2) is 10.2. The number of amides is 2. The molecule has 2 amide bonds. The first kappa shape index (κ1) is 25.5. The summed E-state index contributed by atoms with van der Waals surface area (Å²) < 4.78 is 7.49. The lowest BCUT2D eigenvalue weighted by molar-refractivity contribution is -0.134. The van der Waals surface area contributed by atoms with E-state index in [0.29, 0.717) is 38.2 Å². The first-order chi connectivity index (χ1) is 17.1. The van der Waals surface area contributed by atoms with Crippen molar-refractivity contribution in [3.8, 4) is 22.7 Å². The van der Waals surface area contributed by atoms with Crippen molar-refractivity contribution in [2.45, 2.75) is 41.0 Å². The molecule has 6 heteroatoms. The monoisotopic (exact) mass is 487 g/mol. The Bertz CT molecular complexity index is 1230. The Morgan fingerprint density at radius 2 is 1.44 bits per heavy atom.